The van der Waals surface area contributed by atoms with E-state index in [1.165, 1.54) is 18.3 Å². The Morgan fingerprint density at radius 2 is 2.18 bits per heavy atom. The number of nitrogens with zero attached hydrogens (tertiary/aromatic N) is 1. The summed E-state index contributed by atoms with van der Waals surface area (Å²) < 4.78 is 17.9. The number of halogens is 1. The first-order chi connectivity index (χ1) is 8.27. The number of nitrogens with one attached hydrogen (secondary N) is 1. The van der Waals surface area contributed by atoms with Crippen LogP contribution in [0.3, 0.4) is 0 Å². The summed E-state index contributed by atoms with van der Waals surface area (Å²) in [7, 11) is 0. The molecule has 4 nitrogen and oxygen atoms in total. The molecule has 0 aliphatic carbocycles. The average molecular weight is 234 g/mol. The largest absolute Gasteiger partial charge is 0.351 e. The van der Waals surface area contributed by atoms with E-state index in [0.717, 1.165) is 0 Å². The van der Waals surface area contributed by atoms with Gasteiger partial charge >= 0.3 is 0 Å². The molecule has 1 aromatic carbocycles. The van der Waals surface area contributed by atoms with Gasteiger partial charge in [-0.1, -0.05) is 23.4 Å². The van der Waals surface area contributed by atoms with Crippen LogP contribution in [0.5, 0.6) is 0 Å². The van der Waals surface area contributed by atoms with Crippen molar-refractivity contribution in [1.82, 2.24) is 10.5 Å². The molecule has 0 saturated carbocycles. The zero-order valence-corrected chi connectivity index (χ0v) is 9.02. The standard InChI is InChI=1S/C12H11FN2O2/c13-10-4-2-1-3-9(10)5-7-14-12(16)11-6-8-15-17-11/h1-4,6,8H,5,7H2,(H,14,16). The molecular weight excluding hydrogens is 223 g/mol. The van der Waals surface area contributed by atoms with E-state index in [2.05, 4.69) is 15.0 Å². The van der Waals surface area contributed by atoms with Gasteiger partial charge < -0.3 is 9.84 Å². The van der Waals surface area contributed by atoms with Gasteiger partial charge in [-0.05, 0) is 18.1 Å². The minimum Gasteiger partial charge on any atom is -0.351 e. The van der Waals surface area contributed by atoms with Gasteiger partial charge in [-0.25, -0.2) is 4.39 Å². The van der Waals surface area contributed by atoms with E-state index in [1.54, 1.807) is 18.2 Å². The van der Waals surface area contributed by atoms with Crippen molar-refractivity contribution in [1.29, 1.82) is 0 Å². The van der Waals surface area contributed by atoms with Gasteiger partial charge in [0.15, 0.2) is 0 Å². The summed E-state index contributed by atoms with van der Waals surface area (Å²) in [6, 6.07) is 7.95. The minimum atomic E-state index is -0.348. The van der Waals surface area contributed by atoms with E-state index >= 15 is 0 Å². The Kier molecular flexibility index (Phi) is 3.49. The quantitative estimate of drug-likeness (QED) is 0.877. The molecule has 0 fully saturated rings. The third-order valence-electron chi connectivity index (χ3n) is 2.30. The molecule has 0 spiro atoms. The summed E-state index contributed by atoms with van der Waals surface area (Å²) in [5.74, 6) is -0.459. The maximum Gasteiger partial charge on any atom is 0.289 e. The fraction of sp³-hybridized carbons (Fsp3) is 0.167. The van der Waals surface area contributed by atoms with Crippen molar-refractivity contribution in [2.45, 2.75) is 6.42 Å². The van der Waals surface area contributed by atoms with Gasteiger partial charge in [-0.15, -0.1) is 0 Å². The molecule has 1 N–H and O–H groups in total. The van der Waals surface area contributed by atoms with Crippen LogP contribution in [0.2, 0.25) is 0 Å². The molecule has 1 aromatic heterocycles. The van der Waals surface area contributed by atoms with Crippen molar-refractivity contribution in [3.05, 3.63) is 53.7 Å². The van der Waals surface area contributed by atoms with Crippen molar-refractivity contribution in [3.8, 4) is 0 Å². The third-order valence-corrected chi connectivity index (χ3v) is 2.30. The van der Waals surface area contributed by atoms with Crippen LogP contribution in [0.1, 0.15) is 16.1 Å². The van der Waals surface area contributed by atoms with Crippen molar-refractivity contribution in [2.75, 3.05) is 6.54 Å². The van der Waals surface area contributed by atoms with E-state index in [0.29, 0.717) is 18.5 Å². The second-order valence-electron chi connectivity index (χ2n) is 3.47. The molecule has 2 aromatic rings. The highest BCUT2D eigenvalue weighted by Gasteiger charge is 2.08. The maximum absolute atomic E-state index is 13.2. The van der Waals surface area contributed by atoms with Crippen LogP contribution in [0.25, 0.3) is 0 Å². The Bertz CT molecular complexity index is 497. The van der Waals surface area contributed by atoms with E-state index in [4.69, 9.17) is 0 Å². The van der Waals surface area contributed by atoms with Crippen molar-refractivity contribution in [3.63, 3.8) is 0 Å². The maximum atomic E-state index is 13.2. The number of carbonyl (C=O) groups is 1. The molecule has 0 aliphatic rings. The van der Waals surface area contributed by atoms with Crippen LogP contribution in [-0.4, -0.2) is 17.6 Å². The fourth-order valence-corrected chi connectivity index (χ4v) is 1.43. The van der Waals surface area contributed by atoms with Crippen molar-refractivity contribution in [2.24, 2.45) is 0 Å². The summed E-state index contributed by atoms with van der Waals surface area (Å²) in [4.78, 5) is 11.4. The van der Waals surface area contributed by atoms with E-state index in [1.807, 2.05) is 0 Å². The molecule has 17 heavy (non-hydrogen) atoms. The SMILES string of the molecule is O=C(NCCc1ccccc1F)c1ccno1. The van der Waals surface area contributed by atoms with Crippen molar-refractivity contribution < 1.29 is 13.7 Å². The summed E-state index contributed by atoms with van der Waals surface area (Å²) >= 11 is 0. The number of amides is 1. The molecular formula is C12H11FN2O2. The molecule has 2 rings (SSSR count). The number of benzene rings is 1. The first-order valence-corrected chi connectivity index (χ1v) is 5.19. The van der Waals surface area contributed by atoms with E-state index < -0.39 is 0 Å². The molecule has 1 heterocycles. The van der Waals surface area contributed by atoms with Gasteiger partial charge in [-0.3, -0.25) is 4.79 Å². The average Bonchev–Trinajstić information content (AvgIpc) is 2.85. The molecule has 0 radical (unpaired) electrons. The lowest BCUT2D eigenvalue weighted by molar-refractivity contribution is 0.0917. The van der Waals surface area contributed by atoms with Gasteiger partial charge in [0.1, 0.15) is 5.82 Å². The Hall–Kier alpha value is -2.17. The minimum absolute atomic E-state index is 0.151. The molecule has 88 valence electrons. The van der Waals surface area contributed by atoms with Crippen LogP contribution >= 0.6 is 0 Å². The molecule has 1 amide bonds. The summed E-state index contributed by atoms with van der Waals surface area (Å²) in [6.45, 7) is 0.348. The van der Waals surface area contributed by atoms with Gasteiger partial charge in [-0.2, -0.15) is 0 Å². The van der Waals surface area contributed by atoms with Crippen LogP contribution in [-0.2, 0) is 6.42 Å². The number of hydrogen-bond acceptors (Lipinski definition) is 3. The molecule has 5 heteroatoms. The van der Waals surface area contributed by atoms with Crippen LogP contribution in [0.4, 0.5) is 4.39 Å². The number of rotatable bonds is 4. The van der Waals surface area contributed by atoms with Gasteiger partial charge in [0.25, 0.3) is 5.91 Å². The number of hydrogen-bond donors (Lipinski definition) is 1. The number of carbonyl (C=O) groups excluding carboxylic acids is 1. The summed E-state index contributed by atoms with van der Waals surface area (Å²) in [5.41, 5.74) is 0.574. The molecule has 0 unspecified atom stereocenters. The fourth-order valence-electron chi connectivity index (χ4n) is 1.43. The zero-order valence-electron chi connectivity index (χ0n) is 9.02. The summed E-state index contributed by atoms with van der Waals surface area (Å²) in [5, 5.41) is 6.05. The monoisotopic (exact) mass is 234 g/mol. The van der Waals surface area contributed by atoms with Gasteiger partial charge in [0.05, 0.1) is 6.20 Å². The van der Waals surface area contributed by atoms with Gasteiger partial charge in [0.2, 0.25) is 5.76 Å². The molecule has 0 bridgehead atoms. The zero-order chi connectivity index (χ0) is 12.1. The second kappa shape index (κ2) is 5.25. The first kappa shape index (κ1) is 11.3. The Labute approximate surface area is 97.4 Å². The Morgan fingerprint density at radius 1 is 1.35 bits per heavy atom. The number of aromatic nitrogens is 1. The van der Waals surface area contributed by atoms with Crippen LogP contribution < -0.4 is 5.32 Å². The topological polar surface area (TPSA) is 55.1 Å². The lowest BCUT2D eigenvalue weighted by Crippen LogP contribution is -2.25. The van der Waals surface area contributed by atoms with E-state index in [9.17, 15) is 9.18 Å². The Morgan fingerprint density at radius 3 is 2.88 bits per heavy atom. The second-order valence-corrected chi connectivity index (χ2v) is 3.47. The van der Waals surface area contributed by atoms with Crippen LogP contribution in [0, 0.1) is 5.82 Å². The highest BCUT2D eigenvalue weighted by molar-refractivity contribution is 5.91. The van der Waals surface area contributed by atoms with Gasteiger partial charge in [0, 0.05) is 12.6 Å². The lowest BCUT2D eigenvalue weighted by atomic mass is 10.1. The normalized spacial score (nSPS) is 10.2. The summed E-state index contributed by atoms with van der Waals surface area (Å²) in [6.07, 6.45) is 1.83. The Balaban J connectivity index is 1.84. The predicted octanol–water partition coefficient (Wildman–Crippen LogP) is 1.79. The van der Waals surface area contributed by atoms with Crippen LogP contribution in [0.15, 0.2) is 41.1 Å². The highest BCUT2D eigenvalue weighted by Crippen LogP contribution is 2.06. The van der Waals surface area contributed by atoms with E-state index in [-0.39, 0.29) is 17.5 Å². The molecule has 0 aliphatic heterocycles. The predicted molar refractivity (Wildman–Crippen MR) is 58.9 cm³/mol. The molecule has 0 atom stereocenters. The molecule has 0 saturated heterocycles. The smallest absolute Gasteiger partial charge is 0.289 e. The lowest BCUT2D eigenvalue weighted by Gasteiger charge is -2.03. The third kappa shape index (κ3) is 2.90. The highest BCUT2D eigenvalue weighted by atomic mass is 19.1. The van der Waals surface area contributed by atoms with Crippen molar-refractivity contribution >= 4 is 5.91 Å². The first-order valence-electron chi connectivity index (χ1n) is 5.19.